The molecular weight excluding hydrogens is 300 g/mol. The lowest BCUT2D eigenvalue weighted by Gasteiger charge is -2.14. The van der Waals surface area contributed by atoms with E-state index < -0.39 is 0 Å². The molecule has 0 aromatic carbocycles. The number of amides is 1. The SMILES string of the molecule is CC(C)c1nnc([C@H](C)NC(=O)CSCCN2CCCC2)o1. The summed E-state index contributed by atoms with van der Waals surface area (Å²) in [4.78, 5) is 14.4. The molecule has 22 heavy (non-hydrogen) atoms. The van der Waals surface area contributed by atoms with Crippen molar-refractivity contribution in [1.29, 1.82) is 0 Å². The van der Waals surface area contributed by atoms with Crippen molar-refractivity contribution in [2.45, 2.75) is 45.6 Å². The minimum absolute atomic E-state index is 0.0169. The summed E-state index contributed by atoms with van der Waals surface area (Å²) in [5.74, 6) is 2.77. The Labute approximate surface area is 136 Å². The average molecular weight is 326 g/mol. The van der Waals surface area contributed by atoms with Crippen LogP contribution in [-0.2, 0) is 4.79 Å². The molecule has 0 spiro atoms. The lowest BCUT2D eigenvalue weighted by atomic mass is 10.2. The Hall–Kier alpha value is -1.08. The van der Waals surface area contributed by atoms with Crippen molar-refractivity contribution in [3.63, 3.8) is 0 Å². The van der Waals surface area contributed by atoms with Crippen LogP contribution in [0.15, 0.2) is 4.42 Å². The summed E-state index contributed by atoms with van der Waals surface area (Å²) in [6.07, 6.45) is 2.62. The van der Waals surface area contributed by atoms with E-state index in [1.807, 2.05) is 20.8 Å². The van der Waals surface area contributed by atoms with E-state index in [1.165, 1.54) is 25.9 Å². The second-order valence-corrected chi connectivity index (χ2v) is 7.13. The zero-order chi connectivity index (χ0) is 15.9. The number of aromatic nitrogens is 2. The molecule has 2 rings (SSSR count). The van der Waals surface area contributed by atoms with Crippen LogP contribution >= 0.6 is 11.8 Å². The molecule has 0 saturated carbocycles. The van der Waals surface area contributed by atoms with Crippen molar-refractivity contribution in [3.8, 4) is 0 Å². The van der Waals surface area contributed by atoms with Crippen LogP contribution in [0.4, 0.5) is 0 Å². The number of nitrogens with one attached hydrogen (secondary N) is 1. The maximum Gasteiger partial charge on any atom is 0.238 e. The van der Waals surface area contributed by atoms with Crippen LogP contribution < -0.4 is 5.32 Å². The van der Waals surface area contributed by atoms with Crippen LogP contribution in [0.5, 0.6) is 0 Å². The Morgan fingerprint density at radius 2 is 1.95 bits per heavy atom. The number of hydrogen-bond donors (Lipinski definition) is 1. The van der Waals surface area contributed by atoms with Crippen LogP contribution in [0.1, 0.15) is 57.4 Å². The number of hydrogen-bond acceptors (Lipinski definition) is 6. The van der Waals surface area contributed by atoms with Gasteiger partial charge in [0.15, 0.2) is 0 Å². The van der Waals surface area contributed by atoms with Gasteiger partial charge >= 0.3 is 0 Å². The number of carbonyl (C=O) groups excluding carboxylic acids is 1. The highest BCUT2D eigenvalue weighted by atomic mass is 32.2. The standard InChI is InChI=1S/C15H26N4O2S/c1-11(2)14-17-18-15(21-14)12(3)16-13(20)10-22-9-8-19-6-4-5-7-19/h11-12H,4-10H2,1-3H3,(H,16,20)/t12-/m0/s1. The predicted octanol–water partition coefficient (Wildman–Crippen LogP) is 2.20. The molecule has 6 nitrogen and oxygen atoms in total. The smallest absolute Gasteiger partial charge is 0.238 e. The van der Waals surface area contributed by atoms with Gasteiger partial charge in [-0.05, 0) is 32.9 Å². The highest BCUT2D eigenvalue weighted by Crippen LogP contribution is 2.16. The Morgan fingerprint density at radius 3 is 2.59 bits per heavy atom. The number of rotatable bonds is 8. The Bertz CT molecular complexity index is 472. The zero-order valence-electron chi connectivity index (χ0n) is 13.7. The molecule has 2 heterocycles. The Balaban J connectivity index is 1.64. The monoisotopic (exact) mass is 326 g/mol. The van der Waals surface area contributed by atoms with Crippen molar-refractivity contribution in [3.05, 3.63) is 11.8 Å². The maximum atomic E-state index is 11.9. The molecule has 0 aliphatic carbocycles. The second-order valence-electron chi connectivity index (χ2n) is 6.02. The van der Waals surface area contributed by atoms with Gasteiger partial charge in [0.2, 0.25) is 17.7 Å². The van der Waals surface area contributed by atoms with Gasteiger partial charge in [0.25, 0.3) is 0 Å². The molecule has 1 aromatic rings. The van der Waals surface area contributed by atoms with E-state index in [0.29, 0.717) is 17.5 Å². The van der Waals surface area contributed by atoms with E-state index in [1.54, 1.807) is 11.8 Å². The summed E-state index contributed by atoms with van der Waals surface area (Å²) in [5, 5.41) is 10.9. The molecule has 1 aliphatic rings. The fourth-order valence-electron chi connectivity index (χ4n) is 2.36. The van der Waals surface area contributed by atoms with E-state index in [0.717, 1.165) is 12.3 Å². The number of carbonyl (C=O) groups is 1. The summed E-state index contributed by atoms with van der Waals surface area (Å²) < 4.78 is 5.55. The van der Waals surface area contributed by atoms with Gasteiger partial charge in [0.05, 0.1) is 5.75 Å². The van der Waals surface area contributed by atoms with Crippen molar-refractivity contribution < 1.29 is 9.21 Å². The highest BCUT2D eigenvalue weighted by molar-refractivity contribution is 7.99. The first-order valence-corrected chi connectivity index (χ1v) is 9.14. The molecule has 1 aliphatic heterocycles. The van der Waals surface area contributed by atoms with Crippen LogP contribution in [0.2, 0.25) is 0 Å². The third kappa shape index (κ3) is 5.28. The Morgan fingerprint density at radius 1 is 1.27 bits per heavy atom. The topological polar surface area (TPSA) is 71.3 Å². The minimum Gasteiger partial charge on any atom is -0.423 e. The molecule has 7 heteroatoms. The fourth-order valence-corrected chi connectivity index (χ4v) is 3.16. The van der Waals surface area contributed by atoms with Gasteiger partial charge in [-0.15, -0.1) is 10.2 Å². The van der Waals surface area contributed by atoms with Gasteiger partial charge in [0, 0.05) is 18.2 Å². The normalized spacial score (nSPS) is 17.1. The van der Waals surface area contributed by atoms with E-state index in [9.17, 15) is 4.79 Å². The molecule has 1 fully saturated rings. The minimum atomic E-state index is -0.244. The van der Waals surface area contributed by atoms with E-state index in [4.69, 9.17) is 4.42 Å². The molecule has 1 N–H and O–H groups in total. The molecule has 1 aromatic heterocycles. The molecule has 1 saturated heterocycles. The molecule has 1 atom stereocenters. The first-order chi connectivity index (χ1) is 10.6. The maximum absolute atomic E-state index is 11.9. The first kappa shape index (κ1) is 17.3. The zero-order valence-corrected chi connectivity index (χ0v) is 14.5. The first-order valence-electron chi connectivity index (χ1n) is 7.99. The quantitative estimate of drug-likeness (QED) is 0.739. The van der Waals surface area contributed by atoms with Crippen molar-refractivity contribution in [2.75, 3.05) is 31.1 Å². The van der Waals surface area contributed by atoms with Crippen LogP contribution in [0, 0.1) is 0 Å². The van der Waals surface area contributed by atoms with E-state index >= 15 is 0 Å². The van der Waals surface area contributed by atoms with E-state index in [-0.39, 0.29) is 17.9 Å². The molecule has 0 unspecified atom stereocenters. The Kier molecular flexibility index (Phi) is 6.70. The van der Waals surface area contributed by atoms with E-state index in [2.05, 4.69) is 20.4 Å². The molecule has 0 bridgehead atoms. The molecule has 0 radical (unpaired) electrons. The number of thioether (sulfide) groups is 1. The van der Waals surface area contributed by atoms with Crippen molar-refractivity contribution in [2.24, 2.45) is 0 Å². The van der Waals surface area contributed by atoms with Gasteiger partial charge in [-0.2, -0.15) is 11.8 Å². The summed E-state index contributed by atoms with van der Waals surface area (Å²) in [6, 6.07) is -0.244. The van der Waals surface area contributed by atoms with Gasteiger partial charge in [-0.3, -0.25) is 4.79 Å². The van der Waals surface area contributed by atoms with Gasteiger partial charge in [-0.25, -0.2) is 0 Å². The highest BCUT2D eigenvalue weighted by Gasteiger charge is 2.17. The third-order valence-corrected chi connectivity index (χ3v) is 4.62. The molecule has 124 valence electrons. The summed E-state index contributed by atoms with van der Waals surface area (Å²) in [5.41, 5.74) is 0. The average Bonchev–Trinajstić information content (AvgIpc) is 3.14. The van der Waals surface area contributed by atoms with Crippen molar-refractivity contribution in [1.82, 2.24) is 20.4 Å². The van der Waals surface area contributed by atoms with Crippen LogP contribution in [0.3, 0.4) is 0 Å². The van der Waals surface area contributed by atoms with Gasteiger partial charge in [-0.1, -0.05) is 13.8 Å². The number of nitrogens with zero attached hydrogens (tertiary/aromatic N) is 3. The van der Waals surface area contributed by atoms with Crippen LogP contribution in [0.25, 0.3) is 0 Å². The predicted molar refractivity (Wildman–Crippen MR) is 87.9 cm³/mol. The largest absolute Gasteiger partial charge is 0.423 e. The molecule has 1 amide bonds. The van der Waals surface area contributed by atoms with Gasteiger partial charge in [0.1, 0.15) is 6.04 Å². The molecular formula is C15H26N4O2S. The second kappa shape index (κ2) is 8.53. The lowest BCUT2D eigenvalue weighted by Crippen LogP contribution is -2.29. The van der Waals surface area contributed by atoms with Gasteiger partial charge < -0.3 is 14.6 Å². The summed E-state index contributed by atoms with van der Waals surface area (Å²) >= 11 is 1.68. The van der Waals surface area contributed by atoms with Crippen molar-refractivity contribution >= 4 is 17.7 Å². The summed E-state index contributed by atoms with van der Waals surface area (Å²) in [6.45, 7) is 9.35. The number of likely N-dealkylation sites (tertiary alicyclic amines) is 1. The third-order valence-electron chi connectivity index (χ3n) is 3.68. The summed E-state index contributed by atoms with van der Waals surface area (Å²) in [7, 11) is 0. The fraction of sp³-hybridized carbons (Fsp3) is 0.800. The lowest BCUT2D eigenvalue weighted by molar-refractivity contribution is -0.119. The van der Waals surface area contributed by atoms with Crippen LogP contribution in [-0.4, -0.2) is 52.1 Å².